The van der Waals surface area contributed by atoms with Crippen molar-refractivity contribution >= 4 is 29.4 Å². The topological polar surface area (TPSA) is 102 Å². The van der Waals surface area contributed by atoms with Crippen LogP contribution in [0.25, 0.3) is 0 Å². The van der Waals surface area contributed by atoms with Gasteiger partial charge in [0.2, 0.25) is 11.8 Å². The number of carbonyl (C=O) groups excluding carboxylic acids is 4. The molecule has 4 aliphatic carbocycles. The van der Waals surface area contributed by atoms with Crippen molar-refractivity contribution in [3.05, 3.63) is 72.3 Å². The van der Waals surface area contributed by atoms with Crippen LogP contribution in [0.2, 0.25) is 0 Å². The first-order valence-electron chi connectivity index (χ1n) is 13.3. The smallest absolute Gasteiger partial charge is 0.330 e. The lowest BCUT2D eigenvalue weighted by Crippen LogP contribution is -2.48. The van der Waals surface area contributed by atoms with E-state index in [9.17, 15) is 19.2 Å². The Bertz CT molecular complexity index is 1270. The average molecular weight is 515 g/mol. The minimum absolute atomic E-state index is 0.0565. The van der Waals surface area contributed by atoms with Gasteiger partial charge in [-0.3, -0.25) is 19.3 Å². The molecule has 0 spiro atoms. The number of esters is 1. The Balaban J connectivity index is 1.19. The SMILES string of the molecule is CCOc1ccccc1NC(=O)COC(=O)[C@H](Cc1ccccc1)N1C(=O)[C@@H]2[C@H]3C=C[C@@H]([C@@H]4C[C@H]34)[C@H]2C1=O. The zero-order valence-corrected chi connectivity index (χ0v) is 21.1. The molecule has 0 radical (unpaired) electrons. The van der Waals surface area contributed by atoms with Crippen molar-refractivity contribution in [1.29, 1.82) is 0 Å². The number of para-hydroxylation sites is 2. The number of hydrogen-bond acceptors (Lipinski definition) is 6. The largest absolute Gasteiger partial charge is 0.492 e. The highest BCUT2D eigenvalue weighted by Crippen LogP contribution is 2.65. The summed E-state index contributed by atoms with van der Waals surface area (Å²) in [4.78, 5) is 54.6. The number of anilines is 1. The number of rotatable bonds is 9. The molecular weight excluding hydrogens is 484 g/mol. The monoisotopic (exact) mass is 514 g/mol. The van der Waals surface area contributed by atoms with Gasteiger partial charge < -0.3 is 14.8 Å². The van der Waals surface area contributed by atoms with Crippen molar-refractivity contribution in [3.8, 4) is 5.75 Å². The van der Waals surface area contributed by atoms with E-state index in [-0.39, 0.29) is 30.1 Å². The number of imide groups is 1. The van der Waals surface area contributed by atoms with Crippen LogP contribution in [0.15, 0.2) is 66.7 Å². The maximum atomic E-state index is 13.7. The molecule has 3 fully saturated rings. The maximum Gasteiger partial charge on any atom is 0.330 e. The van der Waals surface area contributed by atoms with E-state index in [0.717, 1.165) is 16.9 Å². The molecule has 7 rings (SSSR count). The van der Waals surface area contributed by atoms with Gasteiger partial charge in [-0.1, -0.05) is 54.6 Å². The van der Waals surface area contributed by atoms with Crippen molar-refractivity contribution in [2.75, 3.05) is 18.5 Å². The number of allylic oxidation sites excluding steroid dienone is 2. The summed E-state index contributed by atoms with van der Waals surface area (Å²) < 4.78 is 10.9. The van der Waals surface area contributed by atoms with E-state index >= 15 is 0 Å². The standard InChI is InChI=1S/C30H30N2O6/c1-2-37-24-11-7-6-10-22(24)31-25(33)16-38-30(36)23(14-17-8-4-3-5-9-17)32-28(34)26-18-12-13-19(21-15-20(18)21)27(26)29(32)35/h3-13,18-21,23,26-27H,2,14-16H2,1H3,(H,31,33)/t18-,19-,20-,21+,23-,26+,27+/m0/s1. The van der Waals surface area contributed by atoms with Crippen LogP contribution in [0.5, 0.6) is 5.75 Å². The van der Waals surface area contributed by atoms with E-state index < -0.39 is 36.4 Å². The molecule has 0 unspecified atom stereocenters. The third kappa shape index (κ3) is 4.18. The second-order valence-electron chi connectivity index (χ2n) is 10.5. The zero-order valence-electron chi connectivity index (χ0n) is 21.1. The van der Waals surface area contributed by atoms with Gasteiger partial charge in [0.05, 0.1) is 24.1 Å². The Labute approximate surface area is 221 Å². The average Bonchev–Trinajstić information content (AvgIpc) is 3.71. The first kappa shape index (κ1) is 24.4. The van der Waals surface area contributed by atoms with Crippen LogP contribution >= 0.6 is 0 Å². The summed E-state index contributed by atoms with van der Waals surface area (Å²) in [5.74, 6) is -1.18. The number of nitrogens with zero attached hydrogens (tertiary/aromatic N) is 1. The number of benzene rings is 2. The summed E-state index contributed by atoms with van der Waals surface area (Å²) in [5, 5.41) is 2.70. The van der Waals surface area contributed by atoms with E-state index in [0.29, 0.717) is 29.9 Å². The normalized spacial score (nSPS) is 28.9. The van der Waals surface area contributed by atoms with Crippen LogP contribution in [0.1, 0.15) is 18.9 Å². The predicted molar refractivity (Wildman–Crippen MR) is 138 cm³/mol. The maximum absolute atomic E-state index is 13.7. The van der Waals surface area contributed by atoms with Gasteiger partial charge in [0.15, 0.2) is 6.61 Å². The van der Waals surface area contributed by atoms with Gasteiger partial charge in [-0.05, 0) is 54.7 Å². The van der Waals surface area contributed by atoms with Crippen molar-refractivity contribution in [1.82, 2.24) is 4.90 Å². The quantitative estimate of drug-likeness (QED) is 0.313. The molecule has 2 bridgehead atoms. The lowest BCUT2D eigenvalue weighted by Gasteiger charge is -2.37. The molecule has 2 aromatic rings. The van der Waals surface area contributed by atoms with E-state index in [2.05, 4.69) is 17.5 Å². The second kappa shape index (κ2) is 9.74. The van der Waals surface area contributed by atoms with Crippen LogP contribution in [0.4, 0.5) is 5.69 Å². The van der Waals surface area contributed by atoms with E-state index in [4.69, 9.17) is 9.47 Å². The highest BCUT2D eigenvalue weighted by molar-refractivity contribution is 6.09. The lowest BCUT2D eigenvalue weighted by atomic mass is 9.63. The summed E-state index contributed by atoms with van der Waals surface area (Å²) in [7, 11) is 0. The number of amides is 3. The van der Waals surface area contributed by atoms with Gasteiger partial charge in [0.25, 0.3) is 5.91 Å². The molecule has 3 amide bonds. The molecule has 1 saturated heterocycles. The first-order valence-corrected chi connectivity index (χ1v) is 13.3. The molecular formula is C30H30N2O6. The van der Waals surface area contributed by atoms with Crippen LogP contribution in [0.3, 0.4) is 0 Å². The van der Waals surface area contributed by atoms with Crippen molar-refractivity contribution in [2.24, 2.45) is 35.5 Å². The van der Waals surface area contributed by atoms with Gasteiger partial charge in [0, 0.05) is 6.42 Å². The highest BCUT2D eigenvalue weighted by atomic mass is 16.5. The second-order valence-corrected chi connectivity index (χ2v) is 10.5. The summed E-state index contributed by atoms with van der Waals surface area (Å²) >= 11 is 0. The molecule has 1 heterocycles. The molecule has 8 nitrogen and oxygen atoms in total. The number of nitrogens with one attached hydrogen (secondary N) is 1. The van der Waals surface area contributed by atoms with Crippen molar-refractivity contribution in [2.45, 2.75) is 25.8 Å². The third-order valence-electron chi connectivity index (χ3n) is 8.36. The van der Waals surface area contributed by atoms with Crippen LogP contribution in [-0.4, -0.2) is 47.8 Å². The minimum atomic E-state index is -1.14. The van der Waals surface area contributed by atoms with E-state index in [1.165, 1.54) is 0 Å². The number of likely N-dealkylation sites (tertiary alicyclic amines) is 1. The lowest BCUT2D eigenvalue weighted by molar-refractivity contribution is -0.160. The molecule has 5 aliphatic rings. The fraction of sp³-hybridized carbons (Fsp3) is 0.400. The fourth-order valence-electron chi connectivity index (χ4n) is 6.68. The molecule has 7 atom stereocenters. The molecule has 0 aromatic heterocycles. The van der Waals surface area contributed by atoms with Crippen molar-refractivity contribution in [3.63, 3.8) is 0 Å². The number of carbonyl (C=O) groups is 4. The first-order chi connectivity index (χ1) is 18.5. The minimum Gasteiger partial charge on any atom is -0.492 e. The Morgan fingerprint density at radius 1 is 0.947 bits per heavy atom. The Morgan fingerprint density at radius 2 is 1.58 bits per heavy atom. The third-order valence-corrected chi connectivity index (χ3v) is 8.36. The van der Waals surface area contributed by atoms with Gasteiger partial charge in [-0.25, -0.2) is 4.79 Å². The predicted octanol–water partition coefficient (Wildman–Crippen LogP) is 3.23. The number of ether oxygens (including phenoxy) is 2. The molecule has 196 valence electrons. The molecule has 8 heteroatoms. The summed E-state index contributed by atoms with van der Waals surface area (Å²) in [6.45, 7) is 1.72. The molecule has 2 saturated carbocycles. The molecule has 1 N–H and O–H groups in total. The Morgan fingerprint density at radius 3 is 2.24 bits per heavy atom. The molecule has 1 aliphatic heterocycles. The zero-order chi connectivity index (χ0) is 26.4. The van der Waals surface area contributed by atoms with Gasteiger partial charge in [-0.15, -0.1) is 0 Å². The van der Waals surface area contributed by atoms with Gasteiger partial charge in [-0.2, -0.15) is 0 Å². The Kier molecular flexibility index (Phi) is 6.26. The Hall–Kier alpha value is -3.94. The summed E-state index contributed by atoms with van der Waals surface area (Å²) in [6, 6.07) is 15.1. The summed E-state index contributed by atoms with van der Waals surface area (Å²) in [5.41, 5.74) is 1.26. The molecule has 38 heavy (non-hydrogen) atoms. The van der Waals surface area contributed by atoms with Crippen LogP contribution < -0.4 is 10.1 Å². The van der Waals surface area contributed by atoms with Crippen LogP contribution in [-0.2, 0) is 30.3 Å². The van der Waals surface area contributed by atoms with Crippen LogP contribution in [0, 0.1) is 35.5 Å². The summed E-state index contributed by atoms with van der Waals surface area (Å²) in [6.07, 6.45) is 5.39. The van der Waals surface area contributed by atoms with E-state index in [1.54, 1.807) is 24.3 Å². The van der Waals surface area contributed by atoms with Gasteiger partial charge in [0.1, 0.15) is 11.8 Å². The fourth-order valence-corrected chi connectivity index (χ4v) is 6.68. The van der Waals surface area contributed by atoms with Crippen molar-refractivity contribution < 1.29 is 28.7 Å². The molecule has 2 aromatic carbocycles. The number of hydrogen-bond donors (Lipinski definition) is 1. The van der Waals surface area contributed by atoms with Gasteiger partial charge >= 0.3 is 5.97 Å². The highest BCUT2D eigenvalue weighted by Gasteiger charge is 2.68. The van der Waals surface area contributed by atoms with E-state index in [1.807, 2.05) is 37.3 Å².